The summed E-state index contributed by atoms with van der Waals surface area (Å²) in [6, 6.07) is -0.401. The highest BCUT2D eigenvalue weighted by molar-refractivity contribution is 6.06. The first kappa shape index (κ1) is 13.6. The van der Waals surface area contributed by atoms with Gasteiger partial charge in [0, 0.05) is 19.6 Å². The second-order valence-electron chi connectivity index (χ2n) is 5.20. The summed E-state index contributed by atoms with van der Waals surface area (Å²) in [5.74, 6) is 0.460. The Bertz CT molecular complexity index is 414. The van der Waals surface area contributed by atoms with Crippen molar-refractivity contribution in [3.63, 3.8) is 0 Å². The van der Waals surface area contributed by atoms with E-state index in [1.54, 1.807) is 6.92 Å². The summed E-state index contributed by atoms with van der Waals surface area (Å²) >= 11 is 0. The molecule has 2 rings (SSSR count). The van der Waals surface area contributed by atoms with Crippen molar-refractivity contribution in [1.82, 2.24) is 15.5 Å². The average molecular weight is 267 g/mol. The maximum absolute atomic E-state index is 11.9. The molecule has 3 amide bonds. The number of piperidine rings is 1. The number of imide groups is 1. The molecular formula is C12H21N5O2. The lowest BCUT2D eigenvalue weighted by atomic mass is 9.79. The van der Waals surface area contributed by atoms with Crippen molar-refractivity contribution >= 4 is 17.9 Å². The van der Waals surface area contributed by atoms with Gasteiger partial charge in [0.15, 0.2) is 5.96 Å². The zero-order valence-electron chi connectivity index (χ0n) is 11.4. The molecule has 7 nitrogen and oxygen atoms in total. The van der Waals surface area contributed by atoms with Gasteiger partial charge in [-0.2, -0.15) is 0 Å². The minimum Gasteiger partial charge on any atom is -0.370 e. The van der Waals surface area contributed by atoms with Crippen LogP contribution >= 0.6 is 0 Å². The Kier molecular flexibility index (Phi) is 3.64. The SMILES string of the molecule is CCN=C(N)N1CCC(C2(C)NC(=O)NC2=O)CC1. The number of likely N-dealkylation sites (tertiary alicyclic amines) is 1. The number of rotatable bonds is 2. The summed E-state index contributed by atoms with van der Waals surface area (Å²) in [6.07, 6.45) is 1.62. The topological polar surface area (TPSA) is 99.8 Å². The monoisotopic (exact) mass is 267 g/mol. The first-order valence-corrected chi connectivity index (χ1v) is 6.66. The summed E-state index contributed by atoms with van der Waals surface area (Å²) < 4.78 is 0. The molecule has 0 bridgehead atoms. The van der Waals surface area contributed by atoms with Gasteiger partial charge in [-0.3, -0.25) is 15.1 Å². The molecule has 7 heteroatoms. The number of nitrogens with zero attached hydrogens (tertiary/aromatic N) is 2. The van der Waals surface area contributed by atoms with E-state index in [2.05, 4.69) is 15.6 Å². The number of nitrogens with two attached hydrogens (primary N) is 1. The second kappa shape index (κ2) is 5.07. The van der Waals surface area contributed by atoms with E-state index in [4.69, 9.17) is 5.73 Å². The lowest BCUT2D eigenvalue weighted by molar-refractivity contribution is -0.125. The second-order valence-corrected chi connectivity index (χ2v) is 5.20. The van der Waals surface area contributed by atoms with Gasteiger partial charge < -0.3 is 16.0 Å². The number of hydrogen-bond donors (Lipinski definition) is 3. The fourth-order valence-electron chi connectivity index (χ4n) is 2.79. The molecule has 106 valence electrons. The first-order chi connectivity index (χ1) is 8.97. The highest BCUT2D eigenvalue weighted by atomic mass is 16.2. The average Bonchev–Trinajstić information content (AvgIpc) is 2.64. The van der Waals surface area contributed by atoms with Crippen LogP contribution in [0.15, 0.2) is 4.99 Å². The predicted molar refractivity (Wildman–Crippen MR) is 71.5 cm³/mol. The van der Waals surface area contributed by atoms with Crippen molar-refractivity contribution in [3.05, 3.63) is 0 Å². The van der Waals surface area contributed by atoms with Crippen LogP contribution in [0.5, 0.6) is 0 Å². The standard InChI is InChI=1S/C12H21N5O2/c1-3-14-10(13)17-6-4-8(5-7-17)12(2)9(18)15-11(19)16-12/h8H,3-7H2,1-2H3,(H2,13,14)(H2,15,16,18,19). The van der Waals surface area contributed by atoms with Gasteiger partial charge in [0.25, 0.3) is 5.91 Å². The smallest absolute Gasteiger partial charge is 0.322 e. The molecule has 0 aliphatic carbocycles. The molecule has 1 atom stereocenters. The van der Waals surface area contributed by atoms with Crippen molar-refractivity contribution in [2.24, 2.45) is 16.6 Å². The fraction of sp³-hybridized carbons (Fsp3) is 0.750. The molecule has 2 aliphatic heterocycles. The Morgan fingerprint density at radius 3 is 2.58 bits per heavy atom. The maximum Gasteiger partial charge on any atom is 0.322 e. The molecule has 0 spiro atoms. The van der Waals surface area contributed by atoms with Crippen LogP contribution in [0.4, 0.5) is 4.79 Å². The van der Waals surface area contributed by atoms with Crippen LogP contribution in [-0.2, 0) is 4.79 Å². The van der Waals surface area contributed by atoms with Crippen LogP contribution in [0.3, 0.4) is 0 Å². The zero-order chi connectivity index (χ0) is 14.0. The van der Waals surface area contributed by atoms with Crippen LogP contribution in [0, 0.1) is 5.92 Å². The third-order valence-corrected chi connectivity index (χ3v) is 4.03. The molecule has 0 aromatic rings. The molecule has 0 saturated carbocycles. The van der Waals surface area contributed by atoms with Gasteiger partial charge in [0.2, 0.25) is 0 Å². The molecule has 2 fully saturated rings. The summed E-state index contributed by atoms with van der Waals surface area (Å²) in [5.41, 5.74) is 5.08. The van der Waals surface area contributed by atoms with E-state index < -0.39 is 11.6 Å². The molecule has 2 aliphatic rings. The van der Waals surface area contributed by atoms with E-state index in [1.165, 1.54) is 0 Å². The van der Waals surface area contributed by atoms with Crippen LogP contribution in [0.25, 0.3) is 0 Å². The van der Waals surface area contributed by atoms with E-state index in [1.807, 2.05) is 11.8 Å². The van der Waals surface area contributed by atoms with E-state index in [9.17, 15) is 9.59 Å². The number of carbonyl (C=O) groups excluding carboxylic acids is 2. The molecule has 2 saturated heterocycles. The summed E-state index contributed by atoms with van der Waals surface area (Å²) in [7, 11) is 0. The maximum atomic E-state index is 11.9. The summed E-state index contributed by atoms with van der Waals surface area (Å²) in [5, 5.41) is 5.05. The van der Waals surface area contributed by atoms with Gasteiger partial charge in [0.05, 0.1) is 0 Å². The minimum absolute atomic E-state index is 0.129. The number of urea groups is 1. The Morgan fingerprint density at radius 1 is 1.47 bits per heavy atom. The molecule has 1 unspecified atom stereocenters. The lowest BCUT2D eigenvalue weighted by Gasteiger charge is -2.39. The van der Waals surface area contributed by atoms with Gasteiger partial charge in [-0.25, -0.2) is 4.79 Å². The van der Waals surface area contributed by atoms with Crippen molar-refractivity contribution in [1.29, 1.82) is 0 Å². The third kappa shape index (κ3) is 2.50. The van der Waals surface area contributed by atoms with Crippen LogP contribution < -0.4 is 16.4 Å². The largest absolute Gasteiger partial charge is 0.370 e. The van der Waals surface area contributed by atoms with Gasteiger partial charge in [0.1, 0.15) is 5.54 Å². The Hall–Kier alpha value is -1.79. The van der Waals surface area contributed by atoms with Crippen LogP contribution in [0.1, 0.15) is 26.7 Å². The molecule has 0 aromatic carbocycles. The Balaban J connectivity index is 1.99. The van der Waals surface area contributed by atoms with E-state index in [0.29, 0.717) is 12.5 Å². The highest BCUT2D eigenvalue weighted by Gasteiger charge is 2.48. The predicted octanol–water partition coefficient (Wildman–Crippen LogP) is -0.369. The molecule has 0 aromatic heterocycles. The quantitative estimate of drug-likeness (QED) is 0.361. The van der Waals surface area contributed by atoms with Crippen molar-refractivity contribution < 1.29 is 9.59 Å². The van der Waals surface area contributed by atoms with Crippen molar-refractivity contribution in [2.75, 3.05) is 19.6 Å². The summed E-state index contributed by atoms with van der Waals surface area (Å²) in [4.78, 5) is 29.4. The third-order valence-electron chi connectivity index (χ3n) is 4.03. The molecule has 2 heterocycles. The van der Waals surface area contributed by atoms with Crippen molar-refractivity contribution in [3.8, 4) is 0 Å². The Labute approximate surface area is 112 Å². The Morgan fingerprint density at radius 2 is 2.11 bits per heavy atom. The number of hydrogen-bond acceptors (Lipinski definition) is 3. The van der Waals surface area contributed by atoms with Crippen LogP contribution in [-0.4, -0.2) is 48.0 Å². The van der Waals surface area contributed by atoms with E-state index in [-0.39, 0.29) is 11.8 Å². The lowest BCUT2D eigenvalue weighted by Crippen LogP contribution is -2.55. The number of guanidine groups is 1. The number of nitrogens with one attached hydrogen (secondary N) is 2. The first-order valence-electron chi connectivity index (χ1n) is 6.66. The molecular weight excluding hydrogens is 246 g/mol. The number of carbonyl (C=O) groups is 2. The zero-order valence-corrected chi connectivity index (χ0v) is 11.4. The van der Waals surface area contributed by atoms with Gasteiger partial charge in [-0.1, -0.05) is 0 Å². The van der Waals surface area contributed by atoms with Gasteiger partial charge in [-0.05, 0) is 32.6 Å². The highest BCUT2D eigenvalue weighted by Crippen LogP contribution is 2.30. The van der Waals surface area contributed by atoms with Crippen molar-refractivity contribution in [2.45, 2.75) is 32.2 Å². The number of aliphatic imine (C=N–C) groups is 1. The van der Waals surface area contributed by atoms with E-state index in [0.717, 1.165) is 25.9 Å². The summed E-state index contributed by atoms with van der Waals surface area (Å²) in [6.45, 7) is 5.93. The normalized spacial score (nSPS) is 29.4. The van der Waals surface area contributed by atoms with Crippen LogP contribution in [0.2, 0.25) is 0 Å². The van der Waals surface area contributed by atoms with Gasteiger partial charge in [-0.15, -0.1) is 0 Å². The fourth-order valence-corrected chi connectivity index (χ4v) is 2.79. The number of amides is 3. The minimum atomic E-state index is -0.792. The van der Waals surface area contributed by atoms with E-state index >= 15 is 0 Å². The molecule has 4 N–H and O–H groups in total. The molecule has 0 radical (unpaired) electrons. The van der Waals surface area contributed by atoms with Gasteiger partial charge >= 0.3 is 6.03 Å². The molecule has 19 heavy (non-hydrogen) atoms.